The van der Waals surface area contributed by atoms with Crippen LogP contribution in [0.25, 0.3) is 11.4 Å². The molecule has 0 unspecified atom stereocenters. The molecule has 6 heteroatoms. The Balaban J connectivity index is 1.50. The van der Waals surface area contributed by atoms with Crippen molar-refractivity contribution in [3.05, 3.63) is 29.4 Å². The Morgan fingerprint density at radius 2 is 2.09 bits per heavy atom. The van der Waals surface area contributed by atoms with E-state index in [4.69, 9.17) is 16.1 Å². The maximum absolute atomic E-state index is 6.11. The lowest BCUT2D eigenvalue weighted by molar-refractivity contribution is 0.0466. The molecule has 2 aromatic rings. The smallest absolute Gasteiger partial charge is 0.241 e. The van der Waals surface area contributed by atoms with Gasteiger partial charge >= 0.3 is 0 Å². The van der Waals surface area contributed by atoms with E-state index in [2.05, 4.69) is 20.0 Å². The molecule has 1 aliphatic heterocycles. The highest BCUT2D eigenvalue weighted by molar-refractivity contribution is 6.31. The fraction of sp³-hybridized carbons (Fsp3) is 0.588. The van der Waals surface area contributed by atoms with Crippen LogP contribution in [0.1, 0.15) is 44.4 Å². The lowest BCUT2D eigenvalue weighted by Gasteiger charge is -2.43. The maximum atomic E-state index is 6.11. The summed E-state index contributed by atoms with van der Waals surface area (Å²) in [5.41, 5.74) is 0.721. The Morgan fingerprint density at radius 1 is 1.22 bits per heavy atom. The summed E-state index contributed by atoms with van der Waals surface area (Å²) in [5, 5.41) is 4.49. The van der Waals surface area contributed by atoms with Gasteiger partial charge in [0, 0.05) is 12.2 Å². The van der Waals surface area contributed by atoms with E-state index in [-0.39, 0.29) is 0 Å². The zero-order valence-electron chi connectivity index (χ0n) is 13.1. The largest absolute Gasteiger partial charge is 0.338 e. The van der Waals surface area contributed by atoms with Gasteiger partial charge in [-0.15, -0.1) is 0 Å². The lowest BCUT2D eigenvalue weighted by atomic mass is 9.78. The molecule has 0 radical (unpaired) electrons. The van der Waals surface area contributed by atoms with Crippen molar-refractivity contribution in [3.8, 4) is 11.4 Å². The van der Waals surface area contributed by atoms with Crippen LogP contribution in [-0.2, 0) is 6.54 Å². The molecule has 0 N–H and O–H groups in total. The molecular formula is C17H21ClN4O. The summed E-state index contributed by atoms with van der Waals surface area (Å²) < 4.78 is 5.47. The summed E-state index contributed by atoms with van der Waals surface area (Å²) in [4.78, 5) is 11.1. The number of hydrogen-bond donors (Lipinski definition) is 0. The molecule has 1 saturated heterocycles. The van der Waals surface area contributed by atoms with E-state index in [1.807, 2.05) is 12.1 Å². The number of piperidine rings is 1. The van der Waals surface area contributed by atoms with Crippen molar-refractivity contribution >= 4 is 11.6 Å². The highest BCUT2D eigenvalue weighted by atomic mass is 35.5. The van der Waals surface area contributed by atoms with Gasteiger partial charge in [-0.3, -0.25) is 4.90 Å². The van der Waals surface area contributed by atoms with Crippen LogP contribution >= 0.6 is 11.6 Å². The van der Waals surface area contributed by atoms with Crippen LogP contribution in [0, 0.1) is 5.92 Å². The van der Waals surface area contributed by atoms with E-state index in [9.17, 15) is 0 Å². The first-order valence-electron chi connectivity index (χ1n) is 8.49. The summed E-state index contributed by atoms with van der Waals surface area (Å²) in [6.45, 7) is 1.87. The molecule has 1 aliphatic carbocycles. The number of aromatic nitrogens is 3. The Kier molecular flexibility index (Phi) is 4.31. The third-order valence-corrected chi connectivity index (χ3v) is 5.47. The van der Waals surface area contributed by atoms with Gasteiger partial charge in [0.2, 0.25) is 11.7 Å². The van der Waals surface area contributed by atoms with Crippen LogP contribution in [-0.4, -0.2) is 32.6 Å². The SMILES string of the molecule is Clc1ncccc1-c1noc(CN2CCC[C@@H]3CCCC[C@H]32)n1. The Morgan fingerprint density at radius 3 is 3.00 bits per heavy atom. The molecule has 0 bridgehead atoms. The number of halogens is 1. The zero-order valence-corrected chi connectivity index (χ0v) is 13.9. The first-order chi connectivity index (χ1) is 11.3. The van der Waals surface area contributed by atoms with Gasteiger partial charge in [-0.25, -0.2) is 4.98 Å². The molecule has 1 saturated carbocycles. The average molecular weight is 333 g/mol. The first-order valence-corrected chi connectivity index (χ1v) is 8.86. The van der Waals surface area contributed by atoms with Gasteiger partial charge < -0.3 is 4.52 Å². The molecule has 23 heavy (non-hydrogen) atoms. The van der Waals surface area contributed by atoms with Crippen molar-refractivity contribution in [1.29, 1.82) is 0 Å². The molecule has 0 aromatic carbocycles. The predicted molar refractivity (Wildman–Crippen MR) is 87.9 cm³/mol. The number of hydrogen-bond acceptors (Lipinski definition) is 5. The van der Waals surface area contributed by atoms with Gasteiger partial charge in [0.1, 0.15) is 5.15 Å². The van der Waals surface area contributed by atoms with Gasteiger partial charge in [-0.1, -0.05) is 29.6 Å². The minimum Gasteiger partial charge on any atom is -0.338 e. The Hall–Kier alpha value is -1.46. The minimum atomic E-state index is 0.408. The van der Waals surface area contributed by atoms with Crippen molar-refractivity contribution in [2.24, 2.45) is 5.92 Å². The second-order valence-electron chi connectivity index (χ2n) is 6.58. The summed E-state index contributed by atoms with van der Waals surface area (Å²) in [6, 6.07) is 4.38. The van der Waals surface area contributed by atoms with E-state index in [1.165, 1.54) is 38.5 Å². The average Bonchev–Trinajstić information content (AvgIpc) is 3.04. The van der Waals surface area contributed by atoms with E-state index in [0.717, 1.165) is 24.6 Å². The molecular weight excluding hydrogens is 312 g/mol. The number of pyridine rings is 1. The lowest BCUT2D eigenvalue weighted by Crippen LogP contribution is -2.46. The fourth-order valence-electron chi connectivity index (χ4n) is 4.08. The fourth-order valence-corrected chi connectivity index (χ4v) is 4.28. The van der Waals surface area contributed by atoms with Crippen LogP contribution in [0.4, 0.5) is 0 Å². The van der Waals surface area contributed by atoms with Gasteiger partial charge in [-0.05, 0) is 50.3 Å². The van der Waals surface area contributed by atoms with Crippen molar-refractivity contribution < 1.29 is 4.52 Å². The molecule has 122 valence electrons. The first kappa shape index (κ1) is 15.1. The highest BCUT2D eigenvalue weighted by Gasteiger charge is 2.33. The molecule has 4 rings (SSSR count). The van der Waals surface area contributed by atoms with Crippen LogP contribution in [0.2, 0.25) is 5.15 Å². The van der Waals surface area contributed by atoms with Crippen molar-refractivity contribution in [1.82, 2.24) is 20.0 Å². The molecule has 0 spiro atoms. The van der Waals surface area contributed by atoms with E-state index in [1.54, 1.807) is 6.20 Å². The van der Waals surface area contributed by atoms with Crippen molar-refractivity contribution in [2.45, 2.75) is 51.1 Å². The predicted octanol–water partition coefficient (Wildman–Crippen LogP) is 3.94. The zero-order chi connectivity index (χ0) is 15.6. The number of rotatable bonds is 3. The van der Waals surface area contributed by atoms with Crippen molar-refractivity contribution in [3.63, 3.8) is 0 Å². The molecule has 2 fully saturated rings. The molecule has 2 aromatic heterocycles. The summed E-state index contributed by atoms with van der Waals surface area (Å²) in [5.74, 6) is 2.05. The van der Waals surface area contributed by atoms with Crippen molar-refractivity contribution in [2.75, 3.05) is 6.54 Å². The third kappa shape index (κ3) is 3.12. The molecule has 5 nitrogen and oxygen atoms in total. The maximum Gasteiger partial charge on any atom is 0.241 e. The van der Waals surface area contributed by atoms with E-state index < -0.39 is 0 Å². The van der Waals surface area contributed by atoms with Gasteiger partial charge in [-0.2, -0.15) is 4.98 Å². The Labute approximate surface area is 141 Å². The quantitative estimate of drug-likeness (QED) is 0.797. The van der Waals surface area contributed by atoms with Crippen LogP contribution < -0.4 is 0 Å². The molecule has 2 aliphatic rings. The topological polar surface area (TPSA) is 55.1 Å². The second kappa shape index (κ2) is 6.57. The molecule has 0 amide bonds. The summed E-state index contributed by atoms with van der Waals surface area (Å²) >= 11 is 6.11. The summed E-state index contributed by atoms with van der Waals surface area (Å²) in [7, 11) is 0. The summed E-state index contributed by atoms with van der Waals surface area (Å²) in [6.07, 6.45) is 9.72. The number of fused-ring (bicyclic) bond motifs is 1. The second-order valence-corrected chi connectivity index (χ2v) is 6.94. The van der Waals surface area contributed by atoms with Gasteiger partial charge in [0.05, 0.1) is 12.1 Å². The molecule has 3 heterocycles. The van der Waals surface area contributed by atoms with Crippen LogP contribution in [0.5, 0.6) is 0 Å². The Bertz CT molecular complexity index is 672. The minimum absolute atomic E-state index is 0.408. The van der Waals surface area contributed by atoms with Crippen LogP contribution in [0.15, 0.2) is 22.9 Å². The van der Waals surface area contributed by atoms with Gasteiger partial charge in [0.15, 0.2) is 0 Å². The third-order valence-electron chi connectivity index (χ3n) is 5.16. The van der Waals surface area contributed by atoms with Gasteiger partial charge in [0.25, 0.3) is 0 Å². The van der Waals surface area contributed by atoms with Crippen LogP contribution in [0.3, 0.4) is 0 Å². The number of nitrogens with zero attached hydrogens (tertiary/aromatic N) is 4. The monoisotopic (exact) mass is 332 g/mol. The normalized spacial score (nSPS) is 25.3. The molecule has 2 atom stereocenters. The number of likely N-dealkylation sites (tertiary alicyclic amines) is 1. The van der Waals surface area contributed by atoms with E-state index >= 15 is 0 Å². The highest BCUT2D eigenvalue weighted by Crippen LogP contribution is 2.36. The standard InChI is InChI=1S/C17H21ClN4O/c18-16-13(7-3-9-19-16)17-20-15(23-21-17)11-22-10-4-6-12-5-1-2-8-14(12)22/h3,7,9,12,14H,1-2,4-6,8,10-11H2/t12-,14+/m0/s1. The van der Waals surface area contributed by atoms with E-state index in [0.29, 0.717) is 22.9 Å².